The zero-order valence-corrected chi connectivity index (χ0v) is 12.7. The van der Waals surface area contributed by atoms with Crippen molar-refractivity contribution in [3.05, 3.63) is 35.7 Å². The Morgan fingerprint density at radius 1 is 1.50 bits per heavy atom. The van der Waals surface area contributed by atoms with Gasteiger partial charge in [0, 0.05) is 30.6 Å². The van der Waals surface area contributed by atoms with Gasteiger partial charge in [0.05, 0.1) is 0 Å². The van der Waals surface area contributed by atoms with Crippen molar-refractivity contribution in [2.75, 3.05) is 19.8 Å². The van der Waals surface area contributed by atoms with Gasteiger partial charge in [-0.15, -0.1) is 18.3 Å². The van der Waals surface area contributed by atoms with Crippen molar-refractivity contribution in [2.24, 2.45) is 0 Å². The predicted molar refractivity (Wildman–Crippen MR) is 82.5 cm³/mol. The van der Waals surface area contributed by atoms with E-state index in [0.29, 0.717) is 19.0 Å². The molecule has 3 nitrogen and oxygen atoms in total. The first-order chi connectivity index (χ1) is 9.81. The highest BCUT2D eigenvalue weighted by Crippen LogP contribution is 2.18. The van der Waals surface area contributed by atoms with Gasteiger partial charge in [0.15, 0.2) is 0 Å². The smallest absolute Gasteiger partial charge is 0.226 e. The van der Waals surface area contributed by atoms with Crippen LogP contribution in [0.25, 0.3) is 0 Å². The number of carbonyl (C=O) groups excluding carboxylic acids is 1. The summed E-state index contributed by atoms with van der Waals surface area (Å²) in [5.41, 5.74) is 0. The maximum atomic E-state index is 12.4. The Morgan fingerprint density at radius 2 is 2.30 bits per heavy atom. The van der Waals surface area contributed by atoms with Crippen molar-refractivity contribution in [1.29, 1.82) is 0 Å². The highest BCUT2D eigenvalue weighted by molar-refractivity contribution is 7.09. The maximum absolute atomic E-state index is 12.4. The summed E-state index contributed by atoms with van der Waals surface area (Å²) in [7, 11) is 0. The molecule has 2 heterocycles. The Labute approximate surface area is 125 Å². The van der Waals surface area contributed by atoms with Gasteiger partial charge in [0.25, 0.3) is 0 Å². The molecule has 1 aliphatic rings. The first-order valence-corrected chi connectivity index (χ1v) is 8.19. The van der Waals surface area contributed by atoms with Crippen molar-refractivity contribution in [2.45, 2.75) is 38.1 Å². The summed E-state index contributed by atoms with van der Waals surface area (Å²) >= 11 is 1.76. The van der Waals surface area contributed by atoms with Crippen LogP contribution in [-0.4, -0.2) is 36.6 Å². The largest absolute Gasteiger partial charge is 0.381 e. The third-order valence-electron chi connectivity index (χ3n) is 3.67. The van der Waals surface area contributed by atoms with Crippen LogP contribution in [0.1, 0.15) is 30.6 Å². The third-order valence-corrected chi connectivity index (χ3v) is 4.61. The lowest BCUT2D eigenvalue weighted by Gasteiger charge is -2.32. The van der Waals surface area contributed by atoms with Gasteiger partial charge in [-0.25, -0.2) is 0 Å². The SMILES string of the molecule is [CH2-][CH+]CN(C(=O)CCCc1cccs1)C1CCOCC1. The van der Waals surface area contributed by atoms with Crippen LogP contribution in [0, 0.1) is 13.3 Å². The summed E-state index contributed by atoms with van der Waals surface area (Å²) < 4.78 is 5.38. The second kappa shape index (κ2) is 8.32. The van der Waals surface area contributed by atoms with Gasteiger partial charge in [0.2, 0.25) is 5.91 Å². The normalized spacial score (nSPS) is 16.1. The Balaban J connectivity index is 1.79. The van der Waals surface area contributed by atoms with Gasteiger partial charge in [-0.2, -0.15) is 0 Å². The lowest BCUT2D eigenvalue weighted by Crippen LogP contribution is -2.43. The number of nitrogens with zero attached hydrogens (tertiary/aromatic N) is 1. The zero-order valence-electron chi connectivity index (χ0n) is 11.9. The summed E-state index contributed by atoms with van der Waals surface area (Å²) in [6.07, 6.45) is 6.28. The molecule has 0 N–H and O–H groups in total. The second-order valence-corrected chi connectivity index (χ2v) is 6.14. The Morgan fingerprint density at radius 3 is 2.95 bits per heavy atom. The Kier molecular flexibility index (Phi) is 6.40. The van der Waals surface area contributed by atoms with Crippen molar-refractivity contribution < 1.29 is 9.53 Å². The molecule has 110 valence electrons. The number of aryl methyl sites for hydroxylation is 1. The summed E-state index contributed by atoms with van der Waals surface area (Å²) in [6.45, 7) is 5.96. The summed E-state index contributed by atoms with van der Waals surface area (Å²) in [6, 6.07) is 4.53. The van der Waals surface area contributed by atoms with Crippen LogP contribution in [0.2, 0.25) is 0 Å². The molecular weight excluding hydrogens is 270 g/mol. The van der Waals surface area contributed by atoms with Crippen molar-refractivity contribution in [3.8, 4) is 0 Å². The lowest BCUT2D eigenvalue weighted by molar-refractivity contribution is -0.135. The average Bonchev–Trinajstić information content (AvgIpc) is 2.99. The monoisotopic (exact) mass is 293 g/mol. The Hall–Kier alpha value is -1.00. The van der Waals surface area contributed by atoms with Crippen molar-refractivity contribution >= 4 is 17.2 Å². The van der Waals surface area contributed by atoms with Gasteiger partial charge in [0.1, 0.15) is 6.54 Å². The van der Waals surface area contributed by atoms with Gasteiger partial charge >= 0.3 is 0 Å². The molecule has 1 aromatic heterocycles. The third kappa shape index (κ3) is 4.53. The van der Waals surface area contributed by atoms with Gasteiger partial charge in [-0.3, -0.25) is 4.79 Å². The predicted octanol–water partition coefficient (Wildman–Crippen LogP) is 3.12. The number of rotatable bonds is 7. The van der Waals surface area contributed by atoms with E-state index in [1.807, 2.05) is 11.3 Å². The number of thiophene rings is 1. The molecule has 1 saturated heterocycles. The van der Waals surface area contributed by atoms with Gasteiger partial charge in [-0.05, 0) is 37.1 Å². The molecule has 0 unspecified atom stereocenters. The molecule has 20 heavy (non-hydrogen) atoms. The van der Waals surface area contributed by atoms with E-state index in [2.05, 4.69) is 24.4 Å². The van der Waals surface area contributed by atoms with Crippen molar-refractivity contribution in [3.63, 3.8) is 0 Å². The molecule has 0 radical (unpaired) electrons. The number of hydrogen-bond acceptors (Lipinski definition) is 3. The van der Waals surface area contributed by atoms with E-state index in [4.69, 9.17) is 4.74 Å². The van der Waals surface area contributed by atoms with Crippen LogP contribution in [0.3, 0.4) is 0 Å². The van der Waals surface area contributed by atoms with E-state index >= 15 is 0 Å². The molecule has 1 amide bonds. The number of carbonyl (C=O) groups is 1. The van der Waals surface area contributed by atoms with Crippen LogP contribution in [0.5, 0.6) is 0 Å². The first-order valence-electron chi connectivity index (χ1n) is 7.31. The van der Waals surface area contributed by atoms with Gasteiger partial charge in [-0.1, -0.05) is 12.5 Å². The average molecular weight is 293 g/mol. The fourth-order valence-electron chi connectivity index (χ4n) is 2.60. The molecule has 0 atom stereocenters. The molecule has 0 aliphatic carbocycles. The maximum Gasteiger partial charge on any atom is 0.226 e. The van der Waals surface area contributed by atoms with E-state index in [1.165, 1.54) is 4.88 Å². The molecule has 4 heteroatoms. The minimum absolute atomic E-state index is 0.258. The minimum Gasteiger partial charge on any atom is -0.381 e. The highest BCUT2D eigenvalue weighted by Gasteiger charge is 2.25. The number of hydrogen-bond donors (Lipinski definition) is 0. The van der Waals surface area contributed by atoms with Crippen LogP contribution < -0.4 is 0 Å². The fourth-order valence-corrected chi connectivity index (χ4v) is 3.35. The molecule has 0 bridgehead atoms. The van der Waals surface area contributed by atoms with Crippen LogP contribution >= 0.6 is 11.3 Å². The van der Waals surface area contributed by atoms with E-state index in [0.717, 1.165) is 38.9 Å². The van der Waals surface area contributed by atoms with E-state index in [1.54, 1.807) is 11.3 Å². The molecule has 0 saturated carbocycles. The molecule has 0 spiro atoms. The molecular formula is C16H23NO2S. The molecule has 0 aromatic carbocycles. The molecule has 1 fully saturated rings. The topological polar surface area (TPSA) is 29.5 Å². The van der Waals surface area contributed by atoms with Crippen LogP contribution in [0.4, 0.5) is 0 Å². The summed E-state index contributed by atoms with van der Waals surface area (Å²) in [5.74, 6) is 0.258. The van der Waals surface area contributed by atoms with E-state index in [9.17, 15) is 4.79 Å². The van der Waals surface area contributed by atoms with Crippen LogP contribution in [-0.2, 0) is 16.0 Å². The summed E-state index contributed by atoms with van der Waals surface area (Å²) in [5, 5.41) is 2.09. The molecule has 1 aromatic rings. The fraction of sp³-hybridized carbons (Fsp3) is 0.562. The minimum atomic E-state index is 0.258. The number of ether oxygens (including phenoxy) is 1. The number of amides is 1. The zero-order chi connectivity index (χ0) is 14.2. The first kappa shape index (κ1) is 15.4. The lowest BCUT2D eigenvalue weighted by atomic mass is 10.1. The van der Waals surface area contributed by atoms with Crippen molar-refractivity contribution in [1.82, 2.24) is 4.90 Å². The second-order valence-electron chi connectivity index (χ2n) is 5.11. The molecule has 2 rings (SSSR count). The summed E-state index contributed by atoms with van der Waals surface area (Å²) in [4.78, 5) is 15.8. The standard InChI is InChI=1S/C16H23NO2S/c1-2-10-17(14-8-11-19-12-9-14)16(18)7-3-5-15-6-4-13-20-15/h2,4,6,13-14H,1,3,5,7-12H2. The molecule has 1 aliphatic heterocycles. The van der Waals surface area contributed by atoms with Crippen LogP contribution in [0.15, 0.2) is 17.5 Å². The van der Waals surface area contributed by atoms with E-state index < -0.39 is 0 Å². The quantitative estimate of drug-likeness (QED) is 0.723. The Bertz CT molecular complexity index is 385. The van der Waals surface area contributed by atoms with Gasteiger partial charge < -0.3 is 9.64 Å². The van der Waals surface area contributed by atoms with E-state index in [-0.39, 0.29) is 5.91 Å². The highest BCUT2D eigenvalue weighted by atomic mass is 32.1.